The number of Topliss-reactive ketones (excluding diaryl/α,β-unsaturated/α-hetero) is 1. The van der Waals surface area contributed by atoms with Crippen molar-refractivity contribution in [3.8, 4) is 5.75 Å². The van der Waals surface area contributed by atoms with Crippen LogP contribution in [0.15, 0.2) is 24.3 Å². The monoisotopic (exact) mass is 264 g/mol. The molecule has 1 aliphatic rings. The van der Waals surface area contributed by atoms with Gasteiger partial charge in [0.2, 0.25) is 0 Å². The van der Waals surface area contributed by atoms with Crippen LogP contribution in [0.3, 0.4) is 0 Å². The molecule has 3 unspecified atom stereocenters. The van der Waals surface area contributed by atoms with Crippen molar-refractivity contribution in [2.24, 2.45) is 5.92 Å². The molecule has 19 heavy (non-hydrogen) atoms. The van der Waals surface area contributed by atoms with E-state index >= 15 is 0 Å². The third-order valence-electron chi connectivity index (χ3n) is 3.03. The van der Waals surface area contributed by atoms with Crippen LogP contribution >= 0.6 is 0 Å². The van der Waals surface area contributed by atoms with Gasteiger partial charge in [-0.25, -0.2) is 0 Å². The first-order chi connectivity index (χ1) is 9.02. The SMILES string of the molecule is CC(=O)C(C(=O)Oc1cccc(C)c1)C1OC1CO. The number of benzene rings is 1. The summed E-state index contributed by atoms with van der Waals surface area (Å²) in [7, 11) is 0. The van der Waals surface area contributed by atoms with Gasteiger partial charge in [-0.3, -0.25) is 9.59 Å². The van der Waals surface area contributed by atoms with Crippen molar-refractivity contribution in [3.05, 3.63) is 29.8 Å². The lowest BCUT2D eigenvalue weighted by Gasteiger charge is -2.11. The summed E-state index contributed by atoms with van der Waals surface area (Å²) in [5.74, 6) is -1.53. The number of esters is 1. The van der Waals surface area contributed by atoms with Crippen molar-refractivity contribution in [1.82, 2.24) is 0 Å². The standard InChI is InChI=1S/C14H16O5/c1-8-4-3-5-10(6-8)18-14(17)12(9(2)16)13-11(7-15)19-13/h3-6,11-13,15H,7H2,1-2H3. The molecule has 0 aromatic heterocycles. The quantitative estimate of drug-likeness (QED) is 0.369. The van der Waals surface area contributed by atoms with E-state index in [-0.39, 0.29) is 12.4 Å². The number of aliphatic hydroxyl groups is 1. The van der Waals surface area contributed by atoms with E-state index in [0.717, 1.165) is 5.56 Å². The molecule has 0 aliphatic carbocycles. The zero-order valence-corrected chi connectivity index (χ0v) is 10.8. The second-order valence-electron chi connectivity index (χ2n) is 4.65. The summed E-state index contributed by atoms with van der Waals surface area (Å²) < 4.78 is 10.3. The predicted molar refractivity (Wildman–Crippen MR) is 66.7 cm³/mol. The number of hydrogen-bond donors (Lipinski definition) is 1. The summed E-state index contributed by atoms with van der Waals surface area (Å²) in [6.45, 7) is 3.00. The van der Waals surface area contributed by atoms with Gasteiger partial charge in [0, 0.05) is 0 Å². The predicted octanol–water partition coefficient (Wildman–Crippen LogP) is 0.865. The number of rotatable bonds is 5. The van der Waals surface area contributed by atoms with Crippen LogP contribution in [-0.2, 0) is 14.3 Å². The third-order valence-corrected chi connectivity index (χ3v) is 3.03. The molecule has 2 rings (SSSR count). The van der Waals surface area contributed by atoms with Gasteiger partial charge in [0.05, 0.1) is 6.61 Å². The maximum Gasteiger partial charge on any atom is 0.324 e. The van der Waals surface area contributed by atoms with Gasteiger partial charge in [-0.1, -0.05) is 12.1 Å². The van der Waals surface area contributed by atoms with Crippen molar-refractivity contribution in [3.63, 3.8) is 0 Å². The summed E-state index contributed by atoms with van der Waals surface area (Å²) >= 11 is 0. The van der Waals surface area contributed by atoms with E-state index in [2.05, 4.69) is 0 Å². The summed E-state index contributed by atoms with van der Waals surface area (Å²) in [5, 5.41) is 8.93. The van der Waals surface area contributed by atoms with Crippen LogP contribution in [0.4, 0.5) is 0 Å². The Labute approximate surface area is 111 Å². The maximum atomic E-state index is 12.0. The molecule has 0 spiro atoms. The highest BCUT2D eigenvalue weighted by molar-refractivity contribution is 5.99. The van der Waals surface area contributed by atoms with E-state index in [4.69, 9.17) is 14.6 Å². The number of aryl methyl sites for hydroxylation is 1. The molecule has 1 aliphatic heterocycles. The van der Waals surface area contributed by atoms with E-state index in [1.54, 1.807) is 18.2 Å². The Bertz CT molecular complexity index is 496. The first-order valence-electron chi connectivity index (χ1n) is 6.08. The van der Waals surface area contributed by atoms with Gasteiger partial charge in [-0.15, -0.1) is 0 Å². The van der Waals surface area contributed by atoms with Gasteiger partial charge in [0.1, 0.15) is 29.7 Å². The van der Waals surface area contributed by atoms with Crippen LogP contribution in [0.2, 0.25) is 0 Å². The van der Waals surface area contributed by atoms with Crippen molar-refractivity contribution in [2.75, 3.05) is 6.61 Å². The van der Waals surface area contributed by atoms with E-state index in [1.165, 1.54) is 6.92 Å². The average molecular weight is 264 g/mol. The Balaban J connectivity index is 2.06. The lowest BCUT2D eigenvalue weighted by atomic mass is 9.99. The van der Waals surface area contributed by atoms with Crippen molar-refractivity contribution < 1.29 is 24.2 Å². The number of hydrogen-bond acceptors (Lipinski definition) is 5. The first-order valence-corrected chi connectivity index (χ1v) is 6.08. The highest BCUT2D eigenvalue weighted by atomic mass is 16.6. The van der Waals surface area contributed by atoms with Crippen molar-refractivity contribution in [2.45, 2.75) is 26.1 Å². The zero-order chi connectivity index (χ0) is 14.0. The molecular formula is C14H16O5. The second kappa shape index (κ2) is 5.50. The molecule has 5 nitrogen and oxygen atoms in total. The number of ether oxygens (including phenoxy) is 2. The molecule has 1 saturated heterocycles. The molecule has 5 heteroatoms. The normalized spacial score (nSPS) is 22.7. The fraction of sp³-hybridized carbons (Fsp3) is 0.429. The lowest BCUT2D eigenvalue weighted by Crippen LogP contribution is -2.32. The summed E-state index contributed by atoms with van der Waals surface area (Å²) in [5.41, 5.74) is 0.959. The minimum Gasteiger partial charge on any atom is -0.426 e. The number of aliphatic hydroxyl groups excluding tert-OH is 1. The molecule has 0 amide bonds. The van der Waals surface area contributed by atoms with Gasteiger partial charge in [-0.05, 0) is 31.5 Å². The molecule has 0 radical (unpaired) electrons. The maximum absolute atomic E-state index is 12.0. The Morgan fingerprint density at radius 2 is 2.21 bits per heavy atom. The first kappa shape index (κ1) is 13.7. The van der Waals surface area contributed by atoms with Gasteiger partial charge >= 0.3 is 5.97 Å². The van der Waals surface area contributed by atoms with Gasteiger partial charge in [-0.2, -0.15) is 0 Å². The van der Waals surface area contributed by atoms with Gasteiger partial charge in [0.15, 0.2) is 0 Å². The van der Waals surface area contributed by atoms with Gasteiger partial charge < -0.3 is 14.6 Å². The largest absolute Gasteiger partial charge is 0.426 e. The lowest BCUT2D eigenvalue weighted by molar-refractivity contribution is -0.144. The Hall–Kier alpha value is -1.72. The van der Waals surface area contributed by atoms with Gasteiger partial charge in [0.25, 0.3) is 0 Å². The average Bonchev–Trinajstić information content (AvgIpc) is 3.07. The number of ketones is 1. The highest BCUT2D eigenvalue weighted by Crippen LogP contribution is 2.31. The van der Waals surface area contributed by atoms with Crippen molar-refractivity contribution >= 4 is 11.8 Å². The molecule has 102 valence electrons. The number of carbonyl (C=O) groups excluding carboxylic acids is 2. The molecular weight excluding hydrogens is 248 g/mol. The fourth-order valence-electron chi connectivity index (χ4n) is 1.99. The van der Waals surface area contributed by atoms with Crippen LogP contribution in [0.5, 0.6) is 5.75 Å². The fourth-order valence-corrected chi connectivity index (χ4v) is 1.99. The zero-order valence-electron chi connectivity index (χ0n) is 10.8. The molecule has 0 bridgehead atoms. The molecule has 1 aromatic carbocycles. The molecule has 0 saturated carbocycles. The van der Waals surface area contributed by atoms with Crippen LogP contribution in [0.25, 0.3) is 0 Å². The summed E-state index contributed by atoms with van der Waals surface area (Å²) in [4.78, 5) is 23.5. The van der Waals surface area contributed by atoms with Crippen LogP contribution in [-0.4, -0.2) is 35.7 Å². The highest BCUT2D eigenvalue weighted by Gasteiger charge is 2.50. The molecule has 1 N–H and O–H groups in total. The molecule has 3 atom stereocenters. The smallest absolute Gasteiger partial charge is 0.324 e. The Morgan fingerprint density at radius 1 is 1.47 bits per heavy atom. The van der Waals surface area contributed by atoms with Crippen molar-refractivity contribution in [1.29, 1.82) is 0 Å². The minimum atomic E-state index is -0.974. The van der Waals surface area contributed by atoms with E-state index in [1.807, 2.05) is 13.0 Å². The summed E-state index contributed by atoms with van der Waals surface area (Å²) in [6.07, 6.45) is -1.02. The summed E-state index contributed by atoms with van der Waals surface area (Å²) in [6, 6.07) is 7.02. The molecule has 1 heterocycles. The van der Waals surface area contributed by atoms with E-state index in [9.17, 15) is 9.59 Å². The van der Waals surface area contributed by atoms with Crippen LogP contribution in [0, 0.1) is 12.8 Å². The topological polar surface area (TPSA) is 76.1 Å². The van der Waals surface area contributed by atoms with E-state index in [0.29, 0.717) is 5.75 Å². The number of epoxide rings is 1. The number of carbonyl (C=O) groups is 2. The Kier molecular flexibility index (Phi) is 3.97. The third kappa shape index (κ3) is 3.19. The minimum absolute atomic E-state index is 0.202. The van der Waals surface area contributed by atoms with Crippen LogP contribution < -0.4 is 4.74 Å². The van der Waals surface area contributed by atoms with E-state index < -0.39 is 24.1 Å². The Morgan fingerprint density at radius 3 is 2.74 bits per heavy atom. The van der Waals surface area contributed by atoms with Crippen LogP contribution in [0.1, 0.15) is 12.5 Å². The molecule has 1 fully saturated rings. The molecule has 1 aromatic rings. The second-order valence-corrected chi connectivity index (χ2v) is 4.65.